The molecule has 5 nitrogen and oxygen atoms in total. The van der Waals surface area contributed by atoms with Crippen molar-refractivity contribution in [2.45, 2.75) is 44.6 Å². The van der Waals surface area contributed by atoms with Crippen molar-refractivity contribution in [3.63, 3.8) is 0 Å². The zero-order valence-corrected chi connectivity index (χ0v) is 15.4. The molecule has 2 rings (SSSR count). The number of hydrogen-bond donors (Lipinski definition) is 2. The normalized spacial score (nSPS) is 15.1. The van der Waals surface area contributed by atoms with Crippen LogP contribution in [-0.2, 0) is 0 Å². The van der Waals surface area contributed by atoms with Crippen LogP contribution in [0.5, 0.6) is 11.5 Å². The highest BCUT2D eigenvalue weighted by Crippen LogP contribution is 2.24. The van der Waals surface area contributed by atoms with E-state index >= 15 is 0 Å². The quantitative estimate of drug-likeness (QED) is 0.582. The molecule has 0 aliphatic heterocycles. The molecule has 1 fully saturated rings. The van der Waals surface area contributed by atoms with Gasteiger partial charge < -0.3 is 20.1 Å². The lowest BCUT2D eigenvalue weighted by Gasteiger charge is -2.16. The van der Waals surface area contributed by atoms with Gasteiger partial charge in [-0.3, -0.25) is 4.79 Å². The van der Waals surface area contributed by atoms with Crippen molar-refractivity contribution in [3.05, 3.63) is 23.8 Å². The van der Waals surface area contributed by atoms with Crippen LogP contribution in [0.4, 0.5) is 0 Å². The SMILES string of the molecule is COc1ccc(C(=O)NCCNC2CCCCCC2)c(OC)c1.Cl. The van der Waals surface area contributed by atoms with Crippen molar-refractivity contribution in [2.24, 2.45) is 0 Å². The molecule has 24 heavy (non-hydrogen) atoms. The Labute approximate surface area is 150 Å². The number of benzene rings is 1. The summed E-state index contributed by atoms with van der Waals surface area (Å²) in [6.07, 6.45) is 7.83. The smallest absolute Gasteiger partial charge is 0.255 e. The molecule has 0 bridgehead atoms. The molecule has 0 spiro atoms. The van der Waals surface area contributed by atoms with Crippen molar-refractivity contribution in [3.8, 4) is 11.5 Å². The molecule has 0 atom stereocenters. The van der Waals surface area contributed by atoms with Gasteiger partial charge in [-0.1, -0.05) is 25.7 Å². The predicted octanol–water partition coefficient (Wildman–Crippen LogP) is 3.17. The minimum absolute atomic E-state index is 0. The Balaban J connectivity index is 0.00000288. The number of ether oxygens (including phenoxy) is 2. The lowest BCUT2D eigenvalue weighted by atomic mass is 10.1. The summed E-state index contributed by atoms with van der Waals surface area (Å²) in [6.45, 7) is 1.42. The molecule has 136 valence electrons. The molecule has 0 saturated heterocycles. The molecule has 0 radical (unpaired) electrons. The van der Waals surface area contributed by atoms with Gasteiger partial charge in [-0.2, -0.15) is 0 Å². The minimum atomic E-state index is -0.118. The third kappa shape index (κ3) is 6.21. The Hall–Kier alpha value is -1.46. The number of methoxy groups -OCH3 is 2. The third-order valence-corrected chi connectivity index (χ3v) is 4.35. The Morgan fingerprint density at radius 3 is 2.42 bits per heavy atom. The predicted molar refractivity (Wildman–Crippen MR) is 98.6 cm³/mol. The summed E-state index contributed by atoms with van der Waals surface area (Å²) in [4.78, 5) is 12.3. The summed E-state index contributed by atoms with van der Waals surface area (Å²) in [5, 5.41) is 6.49. The molecule has 0 unspecified atom stereocenters. The van der Waals surface area contributed by atoms with Crippen LogP contribution in [0.25, 0.3) is 0 Å². The molecule has 0 heterocycles. The molecular formula is C18H29ClN2O3. The van der Waals surface area contributed by atoms with Crippen molar-refractivity contribution in [1.82, 2.24) is 10.6 Å². The number of nitrogens with one attached hydrogen (secondary N) is 2. The second-order valence-corrected chi connectivity index (χ2v) is 5.96. The van der Waals surface area contributed by atoms with E-state index in [1.54, 1.807) is 32.4 Å². The number of carbonyl (C=O) groups excluding carboxylic acids is 1. The van der Waals surface area contributed by atoms with Crippen LogP contribution in [0.15, 0.2) is 18.2 Å². The summed E-state index contributed by atoms with van der Waals surface area (Å²) < 4.78 is 10.4. The van der Waals surface area contributed by atoms with Gasteiger partial charge in [0.2, 0.25) is 0 Å². The summed E-state index contributed by atoms with van der Waals surface area (Å²) in [5.41, 5.74) is 0.530. The largest absolute Gasteiger partial charge is 0.497 e. The molecular weight excluding hydrogens is 328 g/mol. The lowest BCUT2D eigenvalue weighted by Crippen LogP contribution is -2.37. The second kappa shape index (κ2) is 11.2. The van der Waals surface area contributed by atoms with E-state index in [9.17, 15) is 4.79 Å². The summed E-state index contributed by atoms with van der Waals surface area (Å²) in [7, 11) is 3.15. The molecule has 1 aromatic rings. The van der Waals surface area contributed by atoms with Crippen molar-refractivity contribution in [2.75, 3.05) is 27.3 Å². The fourth-order valence-corrected chi connectivity index (χ4v) is 3.02. The van der Waals surface area contributed by atoms with E-state index in [1.165, 1.54) is 38.5 Å². The molecule has 0 aromatic heterocycles. The molecule has 1 amide bonds. The van der Waals surface area contributed by atoms with Crippen molar-refractivity contribution in [1.29, 1.82) is 0 Å². The third-order valence-electron chi connectivity index (χ3n) is 4.35. The van der Waals surface area contributed by atoms with Crippen LogP contribution < -0.4 is 20.1 Å². The van der Waals surface area contributed by atoms with Gasteiger partial charge in [0, 0.05) is 25.2 Å². The first-order valence-corrected chi connectivity index (χ1v) is 8.48. The van der Waals surface area contributed by atoms with E-state index in [0.717, 1.165) is 6.54 Å². The molecule has 6 heteroatoms. The zero-order valence-electron chi connectivity index (χ0n) is 14.6. The van der Waals surface area contributed by atoms with Crippen LogP contribution in [0, 0.1) is 0 Å². The number of carbonyl (C=O) groups is 1. The molecule has 1 saturated carbocycles. The Morgan fingerprint density at radius 1 is 1.08 bits per heavy atom. The average Bonchev–Trinajstić information content (AvgIpc) is 2.86. The van der Waals surface area contributed by atoms with Crippen LogP contribution in [-0.4, -0.2) is 39.3 Å². The maximum absolute atomic E-state index is 12.3. The average molecular weight is 357 g/mol. The maximum Gasteiger partial charge on any atom is 0.255 e. The van der Waals surface area contributed by atoms with Gasteiger partial charge in [0.1, 0.15) is 11.5 Å². The highest BCUT2D eigenvalue weighted by molar-refractivity contribution is 5.97. The molecule has 2 N–H and O–H groups in total. The lowest BCUT2D eigenvalue weighted by molar-refractivity contribution is 0.0950. The van der Waals surface area contributed by atoms with Gasteiger partial charge in [-0.25, -0.2) is 0 Å². The van der Waals surface area contributed by atoms with Crippen LogP contribution >= 0.6 is 12.4 Å². The number of halogens is 1. The Bertz CT molecular complexity index is 503. The first kappa shape index (κ1) is 20.6. The monoisotopic (exact) mass is 356 g/mol. The first-order valence-electron chi connectivity index (χ1n) is 8.48. The topological polar surface area (TPSA) is 59.6 Å². The van der Waals surface area contributed by atoms with Gasteiger partial charge in [0.15, 0.2) is 0 Å². The van der Waals surface area contributed by atoms with E-state index in [4.69, 9.17) is 9.47 Å². The number of rotatable bonds is 7. The van der Waals surface area contributed by atoms with E-state index in [-0.39, 0.29) is 18.3 Å². The van der Waals surface area contributed by atoms with Crippen molar-refractivity contribution >= 4 is 18.3 Å². The van der Waals surface area contributed by atoms with Crippen LogP contribution in [0.3, 0.4) is 0 Å². The Morgan fingerprint density at radius 2 is 1.79 bits per heavy atom. The molecule has 1 aliphatic carbocycles. The number of hydrogen-bond acceptors (Lipinski definition) is 4. The van der Waals surface area contributed by atoms with Gasteiger partial charge in [-0.05, 0) is 25.0 Å². The van der Waals surface area contributed by atoms with E-state index in [1.807, 2.05) is 0 Å². The molecule has 1 aromatic carbocycles. The van der Waals surface area contributed by atoms with Crippen molar-refractivity contribution < 1.29 is 14.3 Å². The van der Waals surface area contributed by atoms with E-state index < -0.39 is 0 Å². The molecule has 1 aliphatic rings. The second-order valence-electron chi connectivity index (χ2n) is 5.96. The fourth-order valence-electron chi connectivity index (χ4n) is 3.02. The summed E-state index contributed by atoms with van der Waals surface area (Å²) >= 11 is 0. The van der Waals surface area contributed by atoms with E-state index in [0.29, 0.717) is 29.6 Å². The van der Waals surface area contributed by atoms with Gasteiger partial charge in [0.25, 0.3) is 5.91 Å². The van der Waals surface area contributed by atoms with Crippen LogP contribution in [0.1, 0.15) is 48.9 Å². The van der Waals surface area contributed by atoms with Gasteiger partial charge >= 0.3 is 0 Å². The summed E-state index contributed by atoms with van der Waals surface area (Å²) in [5.74, 6) is 1.08. The summed E-state index contributed by atoms with van der Waals surface area (Å²) in [6, 6.07) is 5.82. The zero-order chi connectivity index (χ0) is 16.5. The van der Waals surface area contributed by atoms with Crippen LogP contribution in [0.2, 0.25) is 0 Å². The first-order chi connectivity index (χ1) is 11.2. The fraction of sp³-hybridized carbons (Fsp3) is 0.611. The number of amides is 1. The van der Waals surface area contributed by atoms with Gasteiger partial charge in [-0.15, -0.1) is 12.4 Å². The maximum atomic E-state index is 12.3. The van der Waals surface area contributed by atoms with E-state index in [2.05, 4.69) is 10.6 Å². The Kier molecular flexibility index (Phi) is 9.57. The highest BCUT2D eigenvalue weighted by atomic mass is 35.5. The highest BCUT2D eigenvalue weighted by Gasteiger charge is 2.14. The standard InChI is InChI=1S/C18H28N2O3.ClH/c1-22-15-9-10-16(17(13-15)23-2)18(21)20-12-11-19-14-7-5-3-4-6-8-14;/h9-10,13-14,19H,3-8,11-12H2,1-2H3,(H,20,21);1H. The van der Waals surface area contributed by atoms with Gasteiger partial charge in [0.05, 0.1) is 19.8 Å². The minimum Gasteiger partial charge on any atom is -0.497 e.